The Morgan fingerprint density at radius 1 is 1.25 bits per heavy atom. The minimum Gasteiger partial charge on any atom is -0.372 e. The third kappa shape index (κ3) is 2.77. The first-order valence-electron chi connectivity index (χ1n) is 6.38. The van der Waals surface area contributed by atoms with Crippen molar-refractivity contribution in [3.8, 4) is 0 Å². The molecular weight excluding hydrogens is 252 g/mol. The highest BCUT2D eigenvalue weighted by Crippen LogP contribution is 2.21. The van der Waals surface area contributed by atoms with E-state index in [4.69, 9.17) is 0 Å². The summed E-state index contributed by atoms with van der Waals surface area (Å²) in [5.41, 5.74) is 3.42. The Morgan fingerprint density at radius 2 is 2.00 bits per heavy atom. The van der Waals surface area contributed by atoms with Crippen LogP contribution in [0.15, 0.2) is 30.6 Å². The second kappa shape index (κ2) is 5.69. The van der Waals surface area contributed by atoms with E-state index in [1.165, 1.54) is 11.8 Å². The number of anilines is 2. The molecule has 0 fully saturated rings. The van der Waals surface area contributed by atoms with Gasteiger partial charge in [-0.1, -0.05) is 17.7 Å². The summed E-state index contributed by atoms with van der Waals surface area (Å²) in [6, 6.07) is 5.98. The van der Waals surface area contributed by atoms with E-state index in [0.717, 1.165) is 11.3 Å². The number of aryl methyl sites for hydroxylation is 2. The molecule has 1 aromatic carbocycles. The molecule has 2 rings (SSSR count). The van der Waals surface area contributed by atoms with Crippen LogP contribution in [0.5, 0.6) is 0 Å². The lowest BCUT2D eigenvalue weighted by atomic mass is 10.1. The van der Waals surface area contributed by atoms with Crippen molar-refractivity contribution in [3.63, 3.8) is 0 Å². The van der Waals surface area contributed by atoms with Crippen LogP contribution in [-0.2, 0) is 0 Å². The van der Waals surface area contributed by atoms with Gasteiger partial charge in [0.1, 0.15) is 11.5 Å². The monoisotopic (exact) mass is 270 g/mol. The first-order chi connectivity index (χ1) is 9.52. The predicted molar refractivity (Wildman–Crippen MR) is 80.2 cm³/mol. The van der Waals surface area contributed by atoms with Crippen molar-refractivity contribution < 1.29 is 4.79 Å². The SMILES string of the molecule is CNc1cncc(C(=O)N(C)c2ccc(C)cc2C)n1. The zero-order valence-electron chi connectivity index (χ0n) is 12.1. The van der Waals surface area contributed by atoms with Crippen LogP contribution in [0.2, 0.25) is 0 Å². The Labute approximate surface area is 118 Å². The summed E-state index contributed by atoms with van der Waals surface area (Å²) in [6.45, 7) is 4.02. The van der Waals surface area contributed by atoms with Crippen LogP contribution >= 0.6 is 0 Å². The van der Waals surface area contributed by atoms with Gasteiger partial charge in [-0.3, -0.25) is 9.78 Å². The molecule has 1 aromatic heterocycles. The number of amides is 1. The molecule has 0 saturated carbocycles. The van der Waals surface area contributed by atoms with Crippen molar-refractivity contribution in [1.82, 2.24) is 9.97 Å². The Bertz CT molecular complexity index is 640. The molecule has 2 aromatic rings. The number of benzene rings is 1. The van der Waals surface area contributed by atoms with Gasteiger partial charge in [-0.05, 0) is 25.5 Å². The number of carbonyl (C=O) groups excluding carboxylic acids is 1. The van der Waals surface area contributed by atoms with Gasteiger partial charge in [-0.2, -0.15) is 0 Å². The number of hydrogen-bond donors (Lipinski definition) is 1. The van der Waals surface area contributed by atoms with Gasteiger partial charge in [0, 0.05) is 19.8 Å². The fourth-order valence-corrected chi connectivity index (χ4v) is 2.05. The fraction of sp³-hybridized carbons (Fsp3) is 0.267. The molecule has 0 aliphatic heterocycles. The van der Waals surface area contributed by atoms with Crippen LogP contribution in [0.3, 0.4) is 0 Å². The Morgan fingerprint density at radius 3 is 2.65 bits per heavy atom. The van der Waals surface area contributed by atoms with E-state index in [-0.39, 0.29) is 5.91 Å². The number of nitrogens with one attached hydrogen (secondary N) is 1. The average molecular weight is 270 g/mol. The minimum atomic E-state index is -0.179. The molecule has 0 aliphatic rings. The van der Waals surface area contributed by atoms with Gasteiger partial charge in [0.2, 0.25) is 0 Å². The minimum absolute atomic E-state index is 0.179. The molecular formula is C15H18N4O. The molecule has 0 bridgehead atoms. The number of aromatic nitrogens is 2. The number of nitrogens with zero attached hydrogens (tertiary/aromatic N) is 3. The summed E-state index contributed by atoms with van der Waals surface area (Å²) < 4.78 is 0. The molecule has 20 heavy (non-hydrogen) atoms. The van der Waals surface area contributed by atoms with E-state index in [1.54, 1.807) is 25.2 Å². The summed E-state index contributed by atoms with van der Waals surface area (Å²) in [7, 11) is 3.49. The molecule has 5 nitrogen and oxygen atoms in total. The number of carbonyl (C=O) groups is 1. The van der Waals surface area contributed by atoms with E-state index in [0.29, 0.717) is 11.5 Å². The quantitative estimate of drug-likeness (QED) is 0.930. The lowest BCUT2D eigenvalue weighted by Gasteiger charge is -2.19. The molecule has 1 N–H and O–H groups in total. The topological polar surface area (TPSA) is 58.1 Å². The van der Waals surface area contributed by atoms with Crippen LogP contribution in [0.4, 0.5) is 11.5 Å². The number of rotatable bonds is 3. The van der Waals surface area contributed by atoms with Crippen LogP contribution in [0.25, 0.3) is 0 Å². The second-order valence-electron chi connectivity index (χ2n) is 4.69. The predicted octanol–water partition coefficient (Wildman–Crippen LogP) is 2.41. The first-order valence-corrected chi connectivity index (χ1v) is 6.38. The van der Waals surface area contributed by atoms with E-state index < -0.39 is 0 Å². The molecule has 1 heterocycles. The van der Waals surface area contributed by atoms with Crippen LogP contribution < -0.4 is 10.2 Å². The lowest BCUT2D eigenvalue weighted by molar-refractivity contribution is 0.0988. The highest BCUT2D eigenvalue weighted by Gasteiger charge is 2.17. The van der Waals surface area contributed by atoms with Gasteiger partial charge < -0.3 is 10.2 Å². The van der Waals surface area contributed by atoms with E-state index in [9.17, 15) is 4.79 Å². The standard InChI is InChI=1S/C15H18N4O/c1-10-5-6-13(11(2)7-10)19(4)15(20)12-8-17-9-14(16-3)18-12/h5-9H,1-4H3,(H,16,18). The van der Waals surface area contributed by atoms with Crippen molar-refractivity contribution in [1.29, 1.82) is 0 Å². The van der Waals surface area contributed by atoms with Crippen LogP contribution in [0.1, 0.15) is 21.6 Å². The molecule has 0 radical (unpaired) electrons. The van der Waals surface area contributed by atoms with E-state index in [2.05, 4.69) is 21.4 Å². The molecule has 0 saturated heterocycles. The largest absolute Gasteiger partial charge is 0.372 e. The van der Waals surface area contributed by atoms with Crippen molar-refractivity contribution in [3.05, 3.63) is 47.4 Å². The Hall–Kier alpha value is -2.43. The van der Waals surface area contributed by atoms with Crippen molar-refractivity contribution in [2.75, 3.05) is 24.3 Å². The van der Waals surface area contributed by atoms with Gasteiger partial charge in [0.05, 0.1) is 12.4 Å². The normalized spacial score (nSPS) is 10.2. The van der Waals surface area contributed by atoms with Gasteiger partial charge in [0.25, 0.3) is 5.91 Å². The lowest BCUT2D eigenvalue weighted by Crippen LogP contribution is -2.28. The second-order valence-corrected chi connectivity index (χ2v) is 4.69. The Kier molecular flexibility index (Phi) is 3.98. The summed E-state index contributed by atoms with van der Waals surface area (Å²) in [4.78, 5) is 22.3. The molecule has 0 spiro atoms. The Balaban J connectivity index is 2.32. The molecule has 0 unspecified atom stereocenters. The molecule has 1 amide bonds. The third-order valence-corrected chi connectivity index (χ3v) is 3.13. The highest BCUT2D eigenvalue weighted by atomic mass is 16.2. The smallest absolute Gasteiger partial charge is 0.278 e. The van der Waals surface area contributed by atoms with Crippen LogP contribution in [0, 0.1) is 13.8 Å². The summed E-state index contributed by atoms with van der Waals surface area (Å²) >= 11 is 0. The van der Waals surface area contributed by atoms with Crippen molar-refractivity contribution in [2.45, 2.75) is 13.8 Å². The maximum absolute atomic E-state index is 12.4. The van der Waals surface area contributed by atoms with E-state index in [1.807, 2.05) is 26.0 Å². The maximum Gasteiger partial charge on any atom is 0.278 e. The third-order valence-electron chi connectivity index (χ3n) is 3.13. The average Bonchev–Trinajstić information content (AvgIpc) is 2.46. The van der Waals surface area contributed by atoms with E-state index >= 15 is 0 Å². The van der Waals surface area contributed by atoms with Gasteiger partial charge in [-0.15, -0.1) is 0 Å². The maximum atomic E-state index is 12.4. The summed E-state index contributed by atoms with van der Waals surface area (Å²) in [6.07, 6.45) is 3.05. The molecule has 0 atom stereocenters. The highest BCUT2D eigenvalue weighted by molar-refractivity contribution is 6.04. The molecule has 104 valence electrons. The van der Waals surface area contributed by atoms with Crippen molar-refractivity contribution >= 4 is 17.4 Å². The summed E-state index contributed by atoms with van der Waals surface area (Å²) in [5.74, 6) is 0.395. The first kappa shape index (κ1) is 14.0. The zero-order valence-corrected chi connectivity index (χ0v) is 12.1. The molecule has 0 aliphatic carbocycles. The fourth-order valence-electron chi connectivity index (χ4n) is 2.05. The van der Waals surface area contributed by atoms with Gasteiger partial charge in [0.15, 0.2) is 0 Å². The van der Waals surface area contributed by atoms with Gasteiger partial charge >= 0.3 is 0 Å². The zero-order chi connectivity index (χ0) is 14.7. The van der Waals surface area contributed by atoms with Crippen LogP contribution in [-0.4, -0.2) is 30.0 Å². The van der Waals surface area contributed by atoms with Gasteiger partial charge in [-0.25, -0.2) is 4.98 Å². The number of hydrogen-bond acceptors (Lipinski definition) is 4. The molecule has 5 heteroatoms. The van der Waals surface area contributed by atoms with Crippen molar-refractivity contribution in [2.24, 2.45) is 0 Å². The summed E-state index contributed by atoms with van der Waals surface area (Å²) in [5, 5.41) is 2.88.